The second-order valence-electron chi connectivity index (χ2n) is 7.96. The highest BCUT2D eigenvalue weighted by Crippen LogP contribution is 2.25. The van der Waals surface area contributed by atoms with Gasteiger partial charge in [0, 0.05) is 16.9 Å². The number of nitrogens with one attached hydrogen (secondary N) is 1. The van der Waals surface area contributed by atoms with E-state index in [1.807, 2.05) is 68.4 Å². The molecule has 1 N–H and O–H groups in total. The van der Waals surface area contributed by atoms with Crippen LogP contribution in [-0.2, 0) is 27.2 Å². The van der Waals surface area contributed by atoms with Crippen LogP contribution in [0.1, 0.15) is 34.5 Å². The first-order valence-corrected chi connectivity index (χ1v) is 10.8. The van der Waals surface area contributed by atoms with E-state index in [4.69, 9.17) is 4.74 Å². The molecule has 0 spiro atoms. The molecule has 0 saturated heterocycles. The summed E-state index contributed by atoms with van der Waals surface area (Å²) in [6, 6.07) is 17.3. The number of hydrogen-bond acceptors (Lipinski definition) is 5. The molecule has 3 aromatic rings. The number of fused-ring (bicyclic) bond motifs is 1. The Balaban J connectivity index is 1.43. The van der Waals surface area contributed by atoms with Gasteiger partial charge in [-0.2, -0.15) is 10.4 Å². The van der Waals surface area contributed by atoms with Gasteiger partial charge in [0.15, 0.2) is 6.61 Å². The third kappa shape index (κ3) is 4.85. The Morgan fingerprint density at radius 3 is 2.67 bits per heavy atom. The van der Waals surface area contributed by atoms with Crippen molar-refractivity contribution in [1.29, 1.82) is 5.26 Å². The average Bonchev–Trinajstić information content (AvgIpc) is 3.40. The van der Waals surface area contributed by atoms with Gasteiger partial charge in [-0.05, 0) is 74.6 Å². The lowest BCUT2D eigenvalue weighted by atomic mass is 10.1. The molecular formula is C26H24N4O3. The molecule has 166 valence electrons. The van der Waals surface area contributed by atoms with E-state index < -0.39 is 18.5 Å². The van der Waals surface area contributed by atoms with Crippen molar-refractivity contribution < 1.29 is 14.3 Å². The monoisotopic (exact) mass is 440 g/mol. The van der Waals surface area contributed by atoms with Crippen LogP contribution in [0.3, 0.4) is 0 Å². The third-order valence-electron chi connectivity index (χ3n) is 5.69. The number of ether oxygens (including phenoxy) is 1. The summed E-state index contributed by atoms with van der Waals surface area (Å²) >= 11 is 0. The molecule has 1 amide bonds. The molecule has 0 radical (unpaired) electrons. The molecule has 33 heavy (non-hydrogen) atoms. The number of nitrogens with zero attached hydrogens (tertiary/aromatic N) is 3. The third-order valence-corrected chi connectivity index (χ3v) is 5.69. The zero-order valence-electron chi connectivity index (χ0n) is 18.6. The summed E-state index contributed by atoms with van der Waals surface area (Å²) in [5, 5.41) is 16.8. The lowest BCUT2D eigenvalue weighted by Gasteiger charge is -2.08. The molecule has 0 bridgehead atoms. The molecule has 0 atom stereocenters. The minimum atomic E-state index is -0.854. The van der Waals surface area contributed by atoms with Gasteiger partial charge in [-0.1, -0.05) is 24.3 Å². The van der Waals surface area contributed by atoms with E-state index in [-0.39, 0.29) is 5.57 Å². The van der Waals surface area contributed by atoms with Crippen molar-refractivity contribution in [2.45, 2.75) is 33.1 Å². The van der Waals surface area contributed by atoms with E-state index in [1.54, 1.807) is 4.68 Å². The fourth-order valence-electron chi connectivity index (χ4n) is 4.02. The maximum atomic E-state index is 12.5. The topological polar surface area (TPSA) is 97.0 Å². The Labute approximate surface area is 192 Å². The van der Waals surface area contributed by atoms with Crippen LogP contribution in [0, 0.1) is 25.2 Å². The number of aromatic nitrogens is 2. The average molecular weight is 441 g/mol. The van der Waals surface area contributed by atoms with Crippen LogP contribution in [0.5, 0.6) is 0 Å². The maximum Gasteiger partial charge on any atom is 0.349 e. The largest absolute Gasteiger partial charge is 0.451 e. The maximum absolute atomic E-state index is 12.5. The molecule has 2 aromatic carbocycles. The molecule has 1 aliphatic carbocycles. The Hall–Kier alpha value is -4.18. The van der Waals surface area contributed by atoms with E-state index in [1.165, 1.54) is 17.2 Å². The number of para-hydroxylation sites is 1. The van der Waals surface area contributed by atoms with Gasteiger partial charge in [-0.15, -0.1) is 0 Å². The van der Waals surface area contributed by atoms with E-state index in [0.717, 1.165) is 30.6 Å². The zero-order valence-corrected chi connectivity index (χ0v) is 18.6. The first-order chi connectivity index (χ1) is 16.0. The summed E-state index contributed by atoms with van der Waals surface area (Å²) in [4.78, 5) is 24.7. The van der Waals surface area contributed by atoms with Crippen LogP contribution < -0.4 is 5.32 Å². The second-order valence-corrected chi connectivity index (χ2v) is 7.96. The summed E-state index contributed by atoms with van der Waals surface area (Å²) in [6.45, 7) is 3.20. The summed E-state index contributed by atoms with van der Waals surface area (Å²) in [5.74, 6) is -1.31. The van der Waals surface area contributed by atoms with Gasteiger partial charge in [-0.25, -0.2) is 9.48 Å². The molecule has 7 nitrogen and oxygen atoms in total. The van der Waals surface area contributed by atoms with Crippen LogP contribution >= 0.6 is 0 Å². The Bertz CT molecular complexity index is 1280. The predicted octanol–water partition coefficient (Wildman–Crippen LogP) is 4.07. The standard InChI is InChI=1S/C26H24N4O3/c1-17-24(18(2)30(29-17)23-9-4-3-5-10-23)14-21(15-27)26(32)33-16-25(31)28-22-12-11-19-7-6-8-20(19)13-22/h3-5,9-14H,6-8,16H2,1-2H3,(H,28,31). The van der Waals surface area contributed by atoms with Crippen molar-refractivity contribution >= 4 is 23.6 Å². The Kier molecular flexibility index (Phi) is 6.36. The number of carbonyl (C=O) groups excluding carboxylic acids is 2. The summed E-state index contributed by atoms with van der Waals surface area (Å²) in [6.07, 6.45) is 4.65. The van der Waals surface area contributed by atoms with Gasteiger partial charge < -0.3 is 10.1 Å². The van der Waals surface area contributed by atoms with Crippen molar-refractivity contribution in [1.82, 2.24) is 9.78 Å². The molecule has 0 saturated carbocycles. The van der Waals surface area contributed by atoms with Crippen molar-refractivity contribution in [3.05, 3.63) is 82.2 Å². The molecule has 0 aliphatic heterocycles. The van der Waals surface area contributed by atoms with Gasteiger partial charge in [0.2, 0.25) is 0 Å². The molecule has 7 heteroatoms. The fraction of sp³-hybridized carbons (Fsp3) is 0.231. The molecule has 1 heterocycles. The van der Waals surface area contributed by atoms with Crippen molar-refractivity contribution in [3.8, 4) is 11.8 Å². The molecule has 0 unspecified atom stereocenters. The fourth-order valence-corrected chi connectivity index (χ4v) is 4.02. The normalized spacial score (nSPS) is 12.7. The van der Waals surface area contributed by atoms with E-state index in [2.05, 4.69) is 10.4 Å². The van der Waals surface area contributed by atoms with Gasteiger partial charge in [-0.3, -0.25) is 4.79 Å². The lowest BCUT2D eigenvalue weighted by molar-refractivity contribution is -0.142. The first-order valence-electron chi connectivity index (χ1n) is 10.8. The Morgan fingerprint density at radius 1 is 1.15 bits per heavy atom. The quantitative estimate of drug-likeness (QED) is 0.354. The van der Waals surface area contributed by atoms with Crippen molar-refractivity contribution in [2.75, 3.05) is 11.9 Å². The van der Waals surface area contributed by atoms with E-state index >= 15 is 0 Å². The van der Waals surface area contributed by atoms with Crippen LogP contribution in [-0.4, -0.2) is 28.3 Å². The van der Waals surface area contributed by atoms with Crippen molar-refractivity contribution in [2.24, 2.45) is 0 Å². The van der Waals surface area contributed by atoms with Crippen molar-refractivity contribution in [3.63, 3.8) is 0 Å². The predicted molar refractivity (Wildman–Crippen MR) is 125 cm³/mol. The molecule has 4 rings (SSSR count). The highest BCUT2D eigenvalue weighted by atomic mass is 16.5. The summed E-state index contributed by atoms with van der Waals surface area (Å²) < 4.78 is 6.85. The van der Waals surface area contributed by atoms with Crippen LogP contribution in [0.4, 0.5) is 5.69 Å². The van der Waals surface area contributed by atoms with Gasteiger partial charge >= 0.3 is 5.97 Å². The molecule has 0 fully saturated rings. The summed E-state index contributed by atoms with van der Waals surface area (Å²) in [5.41, 5.74) is 6.02. The van der Waals surface area contributed by atoms with Gasteiger partial charge in [0.05, 0.1) is 11.4 Å². The molecule has 1 aliphatic rings. The number of aryl methyl sites for hydroxylation is 3. The first kappa shape index (κ1) is 22.0. The zero-order chi connectivity index (χ0) is 23.4. The summed E-state index contributed by atoms with van der Waals surface area (Å²) in [7, 11) is 0. The van der Waals surface area contributed by atoms with E-state index in [9.17, 15) is 14.9 Å². The highest BCUT2D eigenvalue weighted by Gasteiger charge is 2.18. The number of anilines is 1. The van der Waals surface area contributed by atoms with Crippen LogP contribution in [0.2, 0.25) is 0 Å². The smallest absolute Gasteiger partial charge is 0.349 e. The minimum Gasteiger partial charge on any atom is -0.451 e. The Morgan fingerprint density at radius 2 is 1.91 bits per heavy atom. The van der Waals surface area contributed by atoms with Crippen LogP contribution in [0.15, 0.2) is 54.1 Å². The number of rotatable bonds is 6. The minimum absolute atomic E-state index is 0.195. The number of amides is 1. The number of nitriles is 1. The molecule has 1 aromatic heterocycles. The molecular weight excluding hydrogens is 416 g/mol. The highest BCUT2D eigenvalue weighted by molar-refractivity contribution is 6.00. The van der Waals surface area contributed by atoms with E-state index in [0.29, 0.717) is 16.9 Å². The van der Waals surface area contributed by atoms with Crippen LogP contribution in [0.25, 0.3) is 11.8 Å². The number of benzene rings is 2. The lowest BCUT2D eigenvalue weighted by Crippen LogP contribution is -2.21. The number of esters is 1. The van der Waals surface area contributed by atoms with Gasteiger partial charge in [0.25, 0.3) is 5.91 Å². The number of hydrogen-bond donors (Lipinski definition) is 1. The van der Waals surface area contributed by atoms with Gasteiger partial charge in [0.1, 0.15) is 11.6 Å². The second kappa shape index (κ2) is 9.53. The SMILES string of the molecule is Cc1nn(-c2ccccc2)c(C)c1C=C(C#N)C(=O)OCC(=O)Nc1ccc2c(c1)CCC2. The number of carbonyl (C=O) groups is 2.